The molecule has 1 aromatic carbocycles. The van der Waals surface area contributed by atoms with Crippen LogP contribution in [0.4, 0.5) is 0 Å². The fourth-order valence-corrected chi connectivity index (χ4v) is 2.37. The second kappa shape index (κ2) is 4.01. The first-order valence-corrected chi connectivity index (χ1v) is 5.89. The van der Waals surface area contributed by atoms with Crippen molar-refractivity contribution < 1.29 is 9.59 Å². The third kappa shape index (κ3) is 1.72. The Bertz CT molecular complexity index is 763. The molecule has 96 valence electrons. The molecule has 1 aliphatic rings. The maximum Gasteiger partial charge on any atom is 0.262 e. The highest BCUT2D eigenvalue weighted by atomic mass is 16.2. The van der Waals surface area contributed by atoms with Gasteiger partial charge in [-0.3, -0.25) is 24.3 Å². The highest BCUT2D eigenvalue weighted by Crippen LogP contribution is 2.18. The van der Waals surface area contributed by atoms with Crippen molar-refractivity contribution in [2.75, 3.05) is 0 Å². The predicted molar refractivity (Wildman–Crippen MR) is 67.5 cm³/mol. The molecule has 1 N–H and O–H groups in total. The van der Waals surface area contributed by atoms with Gasteiger partial charge in [0.15, 0.2) is 0 Å². The van der Waals surface area contributed by atoms with Crippen molar-refractivity contribution >= 4 is 22.7 Å². The predicted octanol–water partition coefficient (Wildman–Crippen LogP) is 0.293. The number of fused-ring (bicyclic) bond motifs is 1. The van der Waals surface area contributed by atoms with Gasteiger partial charge in [0.2, 0.25) is 11.8 Å². The van der Waals surface area contributed by atoms with Crippen LogP contribution in [0.5, 0.6) is 0 Å². The first kappa shape index (κ1) is 11.6. The van der Waals surface area contributed by atoms with Crippen molar-refractivity contribution in [1.29, 1.82) is 0 Å². The third-order valence-electron chi connectivity index (χ3n) is 3.24. The Morgan fingerprint density at radius 1 is 1.26 bits per heavy atom. The molecule has 1 atom stereocenters. The largest absolute Gasteiger partial charge is 0.295 e. The quantitative estimate of drug-likeness (QED) is 0.745. The van der Waals surface area contributed by atoms with Crippen LogP contribution in [0.15, 0.2) is 29.1 Å². The monoisotopic (exact) mass is 257 g/mol. The van der Waals surface area contributed by atoms with E-state index in [1.54, 1.807) is 31.2 Å². The van der Waals surface area contributed by atoms with Crippen molar-refractivity contribution in [2.24, 2.45) is 0 Å². The van der Waals surface area contributed by atoms with Crippen LogP contribution >= 0.6 is 0 Å². The van der Waals surface area contributed by atoms with E-state index in [0.29, 0.717) is 16.7 Å². The Labute approximate surface area is 108 Å². The second-order valence-corrected chi connectivity index (χ2v) is 4.48. The van der Waals surface area contributed by atoms with Crippen molar-refractivity contribution in [3.63, 3.8) is 0 Å². The summed E-state index contributed by atoms with van der Waals surface area (Å²) < 4.78 is 1.29. The zero-order valence-electron chi connectivity index (χ0n) is 10.2. The zero-order valence-corrected chi connectivity index (χ0v) is 10.2. The third-order valence-corrected chi connectivity index (χ3v) is 3.24. The molecule has 2 aromatic rings. The molecule has 2 heterocycles. The molecule has 1 aromatic heterocycles. The molecule has 0 bridgehead atoms. The van der Waals surface area contributed by atoms with Crippen molar-refractivity contribution in [3.8, 4) is 0 Å². The van der Waals surface area contributed by atoms with Crippen molar-refractivity contribution in [3.05, 3.63) is 40.4 Å². The lowest BCUT2D eigenvalue weighted by atomic mass is 10.2. The lowest BCUT2D eigenvalue weighted by Crippen LogP contribution is -2.32. The van der Waals surface area contributed by atoms with E-state index in [2.05, 4.69) is 10.3 Å². The Morgan fingerprint density at radius 3 is 2.68 bits per heavy atom. The van der Waals surface area contributed by atoms with E-state index >= 15 is 0 Å². The number of hydrogen-bond donors (Lipinski definition) is 1. The van der Waals surface area contributed by atoms with Crippen LogP contribution in [0.1, 0.15) is 18.3 Å². The first-order valence-electron chi connectivity index (χ1n) is 5.89. The summed E-state index contributed by atoms with van der Waals surface area (Å²) in [6, 6.07) is 6.15. The molecule has 1 aliphatic heterocycles. The minimum atomic E-state index is -0.794. The van der Waals surface area contributed by atoms with Gasteiger partial charge in [0, 0.05) is 0 Å². The number of amides is 2. The van der Waals surface area contributed by atoms with E-state index in [9.17, 15) is 14.4 Å². The number of carbonyl (C=O) groups is 2. The summed E-state index contributed by atoms with van der Waals surface area (Å²) >= 11 is 0. The van der Waals surface area contributed by atoms with Crippen molar-refractivity contribution in [1.82, 2.24) is 14.9 Å². The molecule has 0 saturated carbocycles. The van der Waals surface area contributed by atoms with Gasteiger partial charge in [0.25, 0.3) is 5.56 Å². The summed E-state index contributed by atoms with van der Waals surface area (Å²) in [4.78, 5) is 39.7. The number of aryl methyl sites for hydroxylation is 1. The van der Waals surface area contributed by atoms with Crippen molar-refractivity contribution in [2.45, 2.75) is 19.4 Å². The molecule has 3 rings (SSSR count). The Morgan fingerprint density at radius 2 is 2.00 bits per heavy atom. The smallest absolute Gasteiger partial charge is 0.262 e. The molecule has 19 heavy (non-hydrogen) atoms. The molecule has 6 nitrogen and oxygen atoms in total. The van der Waals surface area contributed by atoms with Crippen LogP contribution in [0.3, 0.4) is 0 Å². The van der Waals surface area contributed by atoms with Gasteiger partial charge in [-0.05, 0) is 19.1 Å². The van der Waals surface area contributed by atoms with E-state index in [4.69, 9.17) is 0 Å². The highest BCUT2D eigenvalue weighted by molar-refractivity contribution is 6.04. The molecular formula is C13H11N3O3. The van der Waals surface area contributed by atoms with Crippen LogP contribution in [0, 0.1) is 6.92 Å². The van der Waals surface area contributed by atoms with Gasteiger partial charge in [0.1, 0.15) is 11.9 Å². The summed E-state index contributed by atoms with van der Waals surface area (Å²) in [6.45, 7) is 1.66. The average molecular weight is 257 g/mol. The summed E-state index contributed by atoms with van der Waals surface area (Å²) in [5, 5.41) is 2.65. The topological polar surface area (TPSA) is 81.1 Å². The number of para-hydroxylation sites is 1. The lowest BCUT2D eigenvalue weighted by Gasteiger charge is -2.14. The van der Waals surface area contributed by atoms with Gasteiger partial charge in [0.05, 0.1) is 17.3 Å². The van der Waals surface area contributed by atoms with Crippen LogP contribution in [0.2, 0.25) is 0 Å². The number of carbonyl (C=O) groups excluding carboxylic acids is 2. The van der Waals surface area contributed by atoms with Crippen LogP contribution in [-0.4, -0.2) is 21.4 Å². The minimum Gasteiger partial charge on any atom is -0.295 e. The Kier molecular flexibility index (Phi) is 2.45. The van der Waals surface area contributed by atoms with Crippen LogP contribution in [-0.2, 0) is 9.59 Å². The zero-order chi connectivity index (χ0) is 13.6. The number of nitrogens with one attached hydrogen (secondary N) is 1. The van der Waals surface area contributed by atoms with Gasteiger partial charge < -0.3 is 0 Å². The lowest BCUT2D eigenvalue weighted by molar-refractivity contribution is -0.125. The number of nitrogens with zero attached hydrogens (tertiary/aromatic N) is 2. The van der Waals surface area contributed by atoms with Gasteiger partial charge in [-0.1, -0.05) is 12.1 Å². The molecule has 1 unspecified atom stereocenters. The van der Waals surface area contributed by atoms with E-state index in [1.165, 1.54) is 4.57 Å². The SMILES string of the molecule is Cc1nc2ccccc2c(=O)n1C1CC(=O)NC1=O. The van der Waals surface area contributed by atoms with Crippen LogP contribution < -0.4 is 10.9 Å². The van der Waals surface area contributed by atoms with Gasteiger partial charge >= 0.3 is 0 Å². The molecular weight excluding hydrogens is 246 g/mol. The van der Waals surface area contributed by atoms with Crippen LogP contribution in [0.25, 0.3) is 10.9 Å². The number of hydrogen-bond acceptors (Lipinski definition) is 4. The second-order valence-electron chi connectivity index (χ2n) is 4.48. The summed E-state index contributed by atoms with van der Waals surface area (Å²) in [6.07, 6.45) is -0.0143. The van der Waals surface area contributed by atoms with Gasteiger partial charge in [-0.2, -0.15) is 0 Å². The molecule has 6 heteroatoms. The fourth-order valence-electron chi connectivity index (χ4n) is 2.37. The maximum absolute atomic E-state index is 12.4. The molecule has 0 aliphatic carbocycles. The maximum atomic E-state index is 12.4. The Hall–Kier alpha value is -2.50. The van der Waals surface area contributed by atoms with E-state index < -0.39 is 11.9 Å². The number of rotatable bonds is 1. The van der Waals surface area contributed by atoms with E-state index in [0.717, 1.165) is 0 Å². The number of aromatic nitrogens is 2. The molecule has 0 radical (unpaired) electrons. The summed E-state index contributed by atoms with van der Waals surface area (Å²) in [5.41, 5.74) is 0.295. The first-order chi connectivity index (χ1) is 9.08. The molecule has 2 amide bonds. The van der Waals surface area contributed by atoms with E-state index in [-0.39, 0.29) is 17.9 Å². The van der Waals surface area contributed by atoms with Gasteiger partial charge in [-0.15, -0.1) is 0 Å². The van der Waals surface area contributed by atoms with E-state index in [1.807, 2.05) is 0 Å². The summed E-state index contributed by atoms with van der Waals surface area (Å²) in [5.74, 6) is -0.389. The minimum absolute atomic E-state index is 0.0143. The Balaban J connectivity index is 2.27. The highest BCUT2D eigenvalue weighted by Gasteiger charge is 2.34. The summed E-state index contributed by atoms with van der Waals surface area (Å²) in [7, 11) is 0. The number of imide groups is 1. The molecule has 0 spiro atoms. The molecule has 1 saturated heterocycles. The molecule has 1 fully saturated rings. The fraction of sp³-hybridized carbons (Fsp3) is 0.231. The standard InChI is InChI=1S/C13H11N3O3/c1-7-14-9-5-3-2-4-8(9)13(19)16(7)10-6-11(17)15-12(10)18/h2-5,10H,6H2,1H3,(H,15,17,18). The normalized spacial score (nSPS) is 18.9. The number of benzene rings is 1. The average Bonchev–Trinajstić information content (AvgIpc) is 2.68. The van der Waals surface area contributed by atoms with Gasteiger partial charge in [-0.25, -0.2) is 4.98 Å².